The van der Waals surface area contributed by atoms with Gasteiger partial charge in [0.25, 0.3) is 0 Å². The van der Waals surface area contributed by atoms with Gasteiger partial charge in [-0.2, -0.15) is 0 Å². The number of nitrogens with one attached hydrogen (secondary N) is 1. The van der Waals surface area contributed by atoms with Crippen molar-refractivity contribution >= 4 is 16.5 Å². The average molecular weight is 375 g/mol. The first-order chi connectivity index (χ1) is 13.4. The third-order valence-electron chi connectivity index (χ3n) is 5.91. The van der Waals surface area contributed by atoms with Crippen molar-refractivity contribution in [3.63, 3.8) is 0 Å². The molecule has 0 amide bonds. The van der Waals surface area contributed by atoms with Crippen LogP contribution in [0, 0.1) is 12.7 Å². The fraction of sp³-hybridized carbons (Fsp3) is 0.280. The zero-order valence-electron chi connectivity index (χ0n) is 16.7. The number of halogens is 1. The number of allylic oxidation sites excluding steroid dienone is 2. The van der Waals surface area contributed by atoms with Crippen molar-refractivity contribution in [3.8, 4) is 0 Å². The van der Waals surface area contributed by atoms with Crippen LogP contribution in [0.3, 0.4) is 0 Å². The highest BCUT2D eigenvalue weighted by Gasteiger charge is 2.36. The lowest BCUT2D eigenvalue weighted by Gasteiger charge is -2.36. The Labute approximate surface area is 166 Å². The normalized spacial score (nSPS) is 18.8. The summed E-state index contributed by atoms with van der Waals surface area (Å²) >= 11 is 0. The SMILES string of the molecule is C=CCC1(C)CNCc2c1n(CC(=C)c1ccc(F)cc1)c1ccc(C)cc21. The summed E-state index contributed by atoms with van der Waals surface area (Å²) in [4.78, 5) is 0. The van der Waals surface area contributed by atoms with Gasteiger partial charge in [-0.3, -0.25) is 0 Å². The van der Waals surface area contributed by atoms with Gasteiger partial charge in [-0.25, -0.2) is 4.39 Å². The van der Waals surface area contributed by atoms with Gasteiger partial charge in [0.2, 0.25) is 0 Å². The van der Waals surface area contributed by atoms with Gasteiger partial charge in [0.1, 0.15) is 5.82 Å². The second kappa shape index (κ2) is 7.06. The lowest BCUT2D eigenvalue weighted by Crippen LogP contribution is -2.42. The summed E-state index contributed by atoms with van der Waals surface area (Å²) in [5, 5.41) is 4.92. The van der Waals surface area contributed by atoms with E-state index in [1.54, 1.807) is 0 Å². The highest BCUT2D eigenvalue weighted by molar-refractivity contribution is 5.87. The number of fused-ring (bicyclic) bond motifs is 3. The quantitative estimate of drug-likeness (QED) is 0.564. The van der Waals surface area contributed by atoms with Crippen LogP contribution in [0.15, 0.2) is 61.7 Å². The molecule has 2 nitrogen and oxygen atoms in total. The monoisotopic (exact) mass is 374 g/mol. The Morgan fingerprint density at radius 1 is 1.25 bits per heavy atom. The lowest BCUT2D eigenvalue weighted by atomic mass is 9.78. The Morgan fingerprint density at radius 2 is 2.00 bits per heavy atom. The summed E-state index contributed by atoms with van der Waals surface area (Å²) in [5.74, 6) is -0.222. The minimum atomic E-state index is -0.222. The second-order valence-corrected chi connectivity index (χ2v) is 8.20. The number of aromatic nitrogens is 1. The molecule has 0 radical (unpaired) electrons. The largest absolute Gasteiger partial charge is 0.339 e. The zero-order valence-corrected chi connectivity index (χ0v) is 16.7. The Balaban J connectivity index is 1.88. The van der Waals surface area contributed by atoms with Crippen molar-refractivity contribution in [2.24, 2.45) is 0 Å². The second-order valence-electron chi connectivity index (χ2n) is 8.20. The minimum Gasteiger partial charge on any atom is -0.339 e. The molecule has 2 aromatic carbocycles. The van der Waals surface area contributed by atoms with Crippen LogP contribution in [0.4, 0.5) is 4.39 Å². The van der Waals surface area contributed by atoms with Crippen LogP contribution >= 0.6 is 0 Å². The van der Waals surface area contributed by atoms with E-state index in [-0.39, 0.29) is 11.2 Å². The summed E-state index contributed by atoms with van der Waals surface area (Å²) in [6, 6.07) is 13.3. The van der Waals surface area contributed by atoms with Crippen LogP contribution in [0.2, 0.25) is 0 Å². The molecule has 2 heterocycles. The molecule has 0 aliphatic carbocycles. The van der Waals surface area contributed by atoms with Gasteiger partial charge in [-0.05, 0) is 54.3 Å². The summed E-state index contributed by atoms with van der Waals surface area (Å²) in [5.41, 5.74) is 7.18. The van der Waals surface area contributed by atoms with Crippen molar-refractivity contribution in [2.75, 3.05) is 6.54 Å². The first kappa shape index (κ1) is 18.7. The minimum absolute atomic E-state index is 0.0225. The van der Waals surface area contributed by atoms with Gasteiger partial charge in [0, 0.05) is 41.6 Å². The molecule has 0 saturated carbocycles. The zero-order chi connectivity index (χ0) is 19.9. The van der Waals surface area contributed by atoms with Gasteiger partial charge < -0.3 is 9.88 Å². The molecule has 4 rings (SSSR count). The third-order valence-corrected chi connectivity index (χ3v) is 5.91. The van der Waals surface area contributed by atoms with Gasteiger partial charge in [-0.1, -0.05) is 43.3 Å². The van der Waals surface area contributed by atoms with Crippen LogP contribution in [-0.2, 0) is 18.5 Å². The summed E-state index contributed by atoms with van der Waals surface area (Å²) in [6.07, 6.45) is 2.92. The third kappa shape index (κ3) is 3.10. The van der Waals surface area contributed by atoms with Crippen molar-refractivity contribution < 1.29 is 4.39 Å². The van der Waals surface area contributed by atoms with Crippen molar-refractivity contribution in [1.29, 1.82) is 0 Å². The molecular formula is C25H27FN2. The Morgan fingerprint density at radius 3 is 2.71 bits per heavy atom. The highest BCUT2D eigenvalue weighted by Crippen LogP contribution is 2.40. The maximum atomic E-state index is 13.3. The van der Waals surface area contributed by atoms with Crippen molar-refractivity contribution in [3.05, 3.63) is 89.9 Å². The van der Waals surface area contributed by atoms with Crippen LogP contribution < -0.4 is 5.32 Å². The average Bonchev–Trinajstić information content (AvgIpc) is 2.97. The molecule has 144 valence electrons. The van der Waals surface area contributed by atoms with Crippen LogP contribution in [0.5, 0.6) is 0 Å². The molecule has 0 spiro atoms. The van der Waals surface area contributed by atoms with Crippen LogP contribution in [0.1, 0.15) is 35.7 Å². The summed E-state index contributed by atoms with van der Waals surface area (Å²) < 4.78 is 15.8. The van der Waals surface area contributed by atoms with E-state index in [1.807, 2.05) is 18.2 Å². The molecule has 1 unspecified atom stereocenters. The fourth-order valence-electron chi connectivity index (χ4n) is 4.57. The predicted octanol–water partition coefficient (Wildman–Crippen LogP) is 5.74. The van der Waals surface area contributed by atoms with Gasteiger partial charge >= 0.3 is 0 Å². The van der Waals surface area contributed by atoms with Gasteiger partial charge in [0.15, 0.2) is 0 Å². The molecule has 0 saturated heterocycles. The van der Waals surface area contributed by atoms with E-state index in [9.17, 15) is 4.39 Å². The Hall–Kier alpha value is -2.65. The number of hydrogen-bond acceptors (Lipinski definition) is 1. The van der Waals surface area contributed by atoms with E-state index < -0.39 is 0 Å². The Bertz CT molecular complexity index is 1060. The van der Waals surface area contributed by atoms with Crippen molar-refractivity contribution in [2.45, 2.75) is 38.8 Å². The maximum absolute atomic E-state index is 13.3. The summed E-state index contributed by atoms with van der Waals surface area (Å²) in [7, 11) is 0. The summed E-state index contributed by atoms with van der Waals surface area (Å²) in [6.45, 7) is 15.2. The van der Waals surface area contributed by atoms with E-state index >= 15 is 0 Å². The molecule has 1 N–H and O–H groups in total. The molecule has 3 heteroatoms. The molecule has 1 aromatic heterocycles. The van der Waals surface area contributed by atoms with E-state index in [0.29, 0.717) is 6.54 Å². The molecule has 1 aliphatic rings. The standard InChI is InChI=1S/C25H27FN2/c1-5-12-25(4)16-27-14-22-21-13-17(2)6-11-23(21)28(24(22)25)15-18(3)19-7-9-20(26)10-8-19/h5-11,13,27H,1,3,12,14-16H2,2,4H3. The number of aryl methyl sites for hydroxylation is 1. The smallest absolute Gasteiger partial charge is 0.123 e. The molecule has 3 aromatic rings. The van der Waals surface area contributed by atoms with E-state index in [0.717, 1.165) is 30.6 Å². The lowest BCUT2D eigenvalue weighted by molar-refractivity contribution is 0.382. The van der Waals surface area contributed by atoms with Crippen molar-refractivity contribution in [1.82, 2.24) is 9.88 Å². The molecular weight excluding hydrogens is 347 g/mol. The molecule has 28 heavy (non-hydrogen) atoms. The van der Waals surface area contributed by atoms with Gasteiger partial charge in [-0.15, -0.1) is 6.58 Å². The first-order valence-corrected chi connectivity index (χ1v) is 9.80. The maximum Gasteiger partial charge on any atom is 0.123 e. The number of nitrogens with zero attached hydrogens (tertiary/aromatic N) is 1. The van der Waals surface area contributed by atoms with E-state index in [1.165, 1.54) is 39.9 Å². The fourth-order valence-corrected chi connectivity index (χ4v) is 4.57. The number of rotatable bonds is 5. The van der Waals surface area contributed by atoms with Gasteiger partial charge in [0.05, 0.1) is 0 Å². The van der Waals surface area contributed by atoms with E-state index in [4.69, 9.17) is 0 Å². The predicted molar refractivity (Wildman–Crippen MR) is 116 cm³/mol. The molecule has 1 aliphatic heterocycles. The van der Waals surface area contributed by atoms with E-state index in [2.05, 4.69) is 55.1 Å². The number of hydrogen-bond donors (Lipinski definition) is 1. The highest BCUT2D eigenvalue weighted by atomic mass is 19.1. The van der Waals surface area contributed by atoms with Crippen LogP contribution in [0.25, 0.3) is 16.5 Å². The first-order valence-electron chi connectivity index (χ1n) is 9.80. The number of benzene rings is 2. The molecule has 0 bridgehead atoms. The van der Waals surface area contributed by atoms with Crippen LogP contribution in [-0.4, -0.2) is 11.1 Å². The molecule has 0 fully saturated rings. The molecule has 1 atom stereocenters. The Kier molecular flexibility index (Phi) is 4.72. The topological polar surface area (TPSA) is 17.0 Å².